The number of morpholine rings is 1. The highest BCUT2D eigenvalue weighted by atomic mass is 32.1. The summed E-state index contributed by atoms with van der Waals surface area (Å²) in [5.74, 6) is -0.186. The van der Waals surface area contributed by atoms with E-state index in [9.17, 15) is 9.59 Å². The van der Waals surface area contributed by atoms with Gasteiger partial charge in [-0.2, -0.15) is 12.6 Å². The number of ether oxygens (including phenoxy) is 1. The molecule has 7 heteroatoms. The van der Waals surface area contributed by atoms with Gasteiger partial charge in [0, 0.05) is 13.1 Å². The summed E-state index contributed by atoms with van der Waals surface area (Å²) in [6.07, 6.45) is 1.42. The van der Waals surface area contributed by atoms with Crippen LogP contribution in [0.3, 0.4) is 0 Å². The smallest absolute Gasteiger partial charge is 0.342 e. The second-order valence-electron chi connectivity index (χ2n) is 5.67. The van der Waals surface area contributed by atoms with Crippen molar-refractivity contribution in [1.82, 2.24) is 14.9 Å². The molecule has 1 aromatic carbocycles. The summed E-state index contributed by atoms with van der Waals surface area (Å²) in [7, 11) is 0. The maximum absolute atomic E-state index is 12.6. The number of nitrogens with zero attached hydrogens (tertiary/aromatic N) is 3. The number of urea groups is 1. The molecule has 0 radical (unpaired) electrons. The van der Waals surface area contributed by atoms with Crippen molar-refractivity contribution in [3.05, 3.63) is 35.9 Å². The molecular formula is C16H21N3O3S. The van der Waals surface area contributed by atoms with Crippen LogP contribution in [0.5, 0.6) is 0 Å². The first-order valence-electron chi connectivity index (χ1n) is 7.85. The normalized spacial score (nSPS) is 21.1. The van der Waals surface area contributed by atoms with Gasteiger partial charge < -0.3 is 4.74 Å². The van der Waals surface area contributed by atoms with E-state index in [0.29, 0.717) is 32.7 Å². The van der Waals surface area contributed by atoms with Crippen LogP contribution in [0.25, 0.3) is 0 Å². The third-order valence-corrected chi connectivity index (χ3v) is 4.63. The fraction of sp³-hybridized carbons (Fsp3) is 0.500. The SMILES string of the molecule is O=C1CN(N2CCOCC2)C(=O)N1C(S)CCc1ccccc1. The van der Waals surface area contributed by atoms with E-state index >= 15 is 0 Å². The van der Waals surface area contributed by atoms with E-state index in [4.69, 9.17) is 4.74 Å². The number of aryl methyl sites for hydroxylation is 1. The fourth-order valence-corrected chi connectivity index (χ4v) is 3.24. The van der Waals surface area contributed by atoms with Gasteiger partial charge in [-0.15, -0.1) is 0 Å². The van der Waals surface area contributed by atoms with E-state index < -0.39 is 5.37 Å². The molecule has 2 saturated heterocycles. The number of hydrogen-bond donors (Lipinski definition) is 1. The molecule has 0 aliphatic carbocycles. The van der Waals surface area contributed by atoms with E-state index in [2.05, 4.69) is 12.6 Å². The average molecular weight is 335 g/mol. The standard InChI is InChI=1S/C16H21N3O3S/c20-14-12-18(17-8-10-22-11-9-17)16(21)19(14)15(23)7-6-13-4-2-1-3-5-13/h1-5,15,23H,6-12H2. The minimum atomic E-state index is -0.402. The van der Waals surface area contributed by atoms with Crippen molar-refractivity contribution in [2.24, 2.45) is 0 Å². The zero-order chi connectivity index (χ0) is 16.2. The summed E-state index contributed by atoms with van der Waals surface area (Å²) in [6, 6.07) is 9.73. The highest BCUT2D eigenvalue weighted by Gasteiger charge is 2.42. The van der Waals surface area contributed by atoms with Gasteiger partial charge in [-0.05, 0) is 18.4 Å². The second-order valence-corrected chi connectivity index (χ2v) is 6.27. The van der Waals surface area contributed by atoms with Gasteiger partial charge in [-0.1, -0.05) is 30.3 Å². The Morgan fingerprint density at radius 2 is 1.83 bits per heavy atom. The first-order valence-corrected chi connectivity index (χ1v) is 8.36. The van der Waals surface area contributed by atoms with Crippen LogP contribution in [0.2, 0.25) is 0 Å². The lowest BCUT2D eigenvalue weighted by Crippen LogP contribution is -2.51. The average Bonchev–Trinajstić information content (AvgIpc) is 2.89. The summed E-state index contributed by atoms with van der Waals surface area (Å²) in [4.78, 5) is 26.1. The third-order valence-electron chi connectivity index (χ3n) is 4.14. The zero-order valence-electron chi connectivity index (χ0n) is 12.9. The van der Waals surface area contributed by atoms with Crippen molar-refractivity contribution < 1.29 is 14.3 Å². The van der Waals surface area contributed by atoms with E-state index in [-0.39, 0.29) is 18.5 Å². The molecule has 1 aromatic rings. The Morgan fingerprint density at radius 3 is 2.52 bits per heavy atom. The minimum Gasteiger partial charge on any atom is -0.379 e. The molecule has 0 saturated carbocycles. The molecule has 2 aliphatic heterocycles. The number of hydrogen-bond acceptors (Lipinski definition) is 5. The van der Waals surface area contributed by atoms with E-state index in [1.165, 1.54) is 15.5 Å². The topological polar surface area (TPSA) is 53.1 Å². The summed E-state index contributed by atoms with van der Waals surface area (Å²) in [5, 5.41) is 3.01. The van der Waals surface area contributed by atoms with Crippen molar-refractivity contribution in [1.29, 1.82) is 0 Å². The summed E-state index contributed by atoms with van der Waals surface area (Å²) in [5.41, 5.74) is 1.18. The molecule has 0 aromatic heterocycles. The molecule has 2 fully saturated rings. The Morgan fingerprint density at radius 1 is 1.13 bits per heavy atom. The van der Waals surface area contributed by atoms with Gasteiger partial charge in [0.25, 0.3) is 5.91 Å². The highest BCUT2D eigenvalue weighted by Crippen LogP contribution is 2.22. The fourth-order valence-electron chi connectivity index (χ4n) is 2.88. The van der Waals surface area contributed by atoms with Crippen molar-refractivity contribution in [3.8, 4) is 0 Å². The van der Waals surface area contributed by atoms with Crippen LogP contribution in [-0.4, -0.2) is 65.1 Å². The monoisotopic (exact) mass is 335 g/mol. The molecule has 0 bridgehead atoms. The number of thiol groups is 1. The summed E-state index contributed by atoms with van der Waals surface area (Å²) in [6.45, 7) is 2.52. The molecule has 2 heterocycles. The van der Waals surface area contributed by atoms with Gasteiger partial charge in [-0.3, -0.25) is 4.79 Å². The molecule has 6 nitrogen and oxygen atoms in total. The van der Waals surface area contributed by atoms with Crippen LogP contribution in [0.1, 0.15) is 12.0 Å². The number of hydrazine groups is 1. The molecule has 2 aliphatic rings. The van der Waals surface area contributed by atoms with Crippen LogP contribution >= 0.6 is 12.6 Å². The summed E-state index contributed by atoms with van der Waals surface area (Å²) >= 11 is 4.49. The van der Waals surface area contributed by atoms with Crippen LogP contribution in [0, 0.1) is 0 Å². The lowest BCUT2D eigenvalue weighted by atomic mass is 10.1. The predicted molar refractivity (Wildman–Crippen MR) is 88.9 cm³/mol. The van der Waals surface area contributed by atoms with Crippen LogP contribution in [0.4, 0.5) is 4.79 Å². The van der Waals surface area contributed by atoms with Gasteiger partial charge in [0.15, 0.2) is 0 Å². The number of carbonyl (C=O) groups excluding carboxylic acids is 2. The van der Waals surface area contributed by atoms with Crippen LogP contribution in [-0.2, 0) is 16.0 Å². The Hall–Kier alpha value is -1.57. The molecule has 1 atom stereocenters. The molecule has 3 rings (SSSR count). The number of rotatable bonds is 5. The largest absolute Gasteiger partial charge is 0.379 e. The van der Waals surface area contributed by atoms with E-state index in [1.807, 2.05) is 35.3 Å². The second kappa shape index (κ2) is 7.33. The number of carbonyl (C=O) groups is 2. The Labute approximate surface area is 141 Å². The van der Waals surface area contributed by atoms with Crippen molar-refractivity contribution in [3.63, 3.8) is 0 Å². The molecule has 1 unspecified atom stereocenters. The molecule has 23 heavy (non-hydrogen) atoms. The Balaban J connectivity index is 1.60. The Bertz CT molecular complexity index is 563. The van der Waals surface area contributed by atoms with Crippen molar-refractivity contribution in [2.45, 2.75) is 18.2 Å². The molecule has 0 N–H and O–H groups in total. The lowest BCUT2D eigenvalue weighted by molar-refractivity contribution is -0.127. The first kappa shape index (κ1) is 16.3. The highest BCUT2D eigenvalue weighted by molar-refractivity contribution is 7.80. The van der Waals surface area contributed by atoms with Gasteiger partial charge in [0.1, 0.15) is 6.54 Å². The molecular weight excluding hydrogens is 314 g/mol. The van der Waals surface area contributed by atoms with Crippen LogP contribution in [0.15, 0.2) is 30.3 Å². The molecule has 124 valence electrons. The predicted octanol–water partition coefficient (Wildman–Crippen LogP) is 1.39. The van der Waals surface area contributed by atoms with Gasteiger partial charge in [0.05, 0.1) is 18.6 Å². The van der Waals surface area contributed by atoms with Crippen molar-refractivity contribution >= 4 is 24.6 Å². The minimum absolute atomic E-state index is 0.0984. The zero-order valence-corrected chi connectivity index (χ0v) is 13.8. The first-order chi connectivity index (χ1) is 11.2. The summed E-state index contributed by atoms with van der Waals surface area (Å²) < 4.78 is 5.29. The van der Waals surface area contributed by atoms with Crippen molar-refractivity contribution in [2.75, 3.05) is 32.8 Å². The number of imide groups is 1. The van der Waals surface area contributed by atoms with Gasteiger partial charge in [-0.25, -0.2) is 19.7 Å². The quantitative estimate of drug-likeness (QED) is 0.653. The van der Waals surface area contributed by atoms with Crippen LogP contribution < -0.4 is 0 Å². The van der Waals surface area contributed by atoms with Gasteiger partial charge >= 0.3 is 6.03 Å². The molecule has 3 amide bonds. The third kappa shape index (κ3) is 3.68. The lowest BCUT2D eigenvalue weighted by Gasteiger charge is -2.33. The number of benzene rings is 1. The van der Waals surface area contributed by atoms with E-state index in [1.54, 1.807) is 0 Å². The number of amides is 3. The Kier molecular flexibility index (Phi) is 5.20. The molecule has 0 spiro atoms. The maximum atomic E-state index is 12.6. The van der Waals surface area contributed by atoms with Gasteiger partial charge in [0.2, 0.25) is 0 Å². The van der Waals surface area contributed by atoms with E-state index in [0.717, 1.165) is 6.42 Å². The maximum Gasteiger partial charge on any atom is 0.342 e.